The van der Waals surface area contributed by atoms with E-state index in [1.807, 2.05) is 0 Å². The Morgan fingerprint density at radius 1 is 1.20 bits per heavy atom. The van der Waals surface area contributed by atoms with Crippen molar-refractivity contribution < 1.29 is 5.11 Å². The van der Waals surface area contributed by atoms with Gasteiger partial charge in [-0.15, -0.1) is 0 Å². The van der Waals surface area contributed by atoms with E-state index in [2.05, 4.69) is 31.2 Å². The highest BCUT2D eigenvalue weighted by Gasteiger charge is 2.38. The molecule has 0 spiro atoms. The molecule has 0 amide bonds. The van der Waals surface area contributed by atoms with Crippen molar-refractivity contribution in [3.8, 4) is 0 Å². The molecule has 2 saturated carbocycles. The number of likely N-dealkylation sites (N-methyl/N-ethyl adjacent to an activating group) is 1. The largest absolute Gasteiger partial charge is 0.391 e. The molecule has 2 rings (SSSR count). The van der Waals surface area contributed by atoms with Gasteiger partial charge in [0, 0.05) is 19.1 Å². The number of hydrogen-bond donors (Lipinski definition) is 2. The fourth-order valence-corrected chi connectivity index (χ4v) is 4.76. The van der Waals surface area contributed by atoms with Crippen LogP contribution >= 0.6 is 0 Å². The van der Waals surface area contributed by atoms with E-state index in [1.54, 1.807) is 0 Å². The van der Waals surface area contributed by atoms with E-state index < -0.39 is 0 Å². The lowest BCUT2D eigenvalue weighted by molar-refractivity contribution is -0.000195. The molecule has 2 aliphatic carbocycles. The average Bonchev–Trinajstić information content (AvgIpc) is 2.39. The topological polar surface area (TPSA) is 35.5 Å². The molecule has 2 N–H and O–H groups in total. The molecule has 0 aromatic rings. The van der Waals surface area contributed by atoms with E-state index in [4.69, 9.17) is 0 Å². The second-order valence-electron chi connectivity index (χ2n) is 7.57. The standard InChI is InChI=1S/C17H34N2O/c1-14-7-6-10-17(11-14,12-18-2)13-19(3)15-8-4-5-9-16(15)20/h14-16,18,20H,4-13H2,1-3H3. The van der Waals surface area contributed by atoms with E-state index in [0.717, 1.165) is 25.4 Å². The molecule has 2 aliphatic rings. The summed E-state index contributed by atoms with van der Waals surface area (Å²) in [6.07, 6.45) is 9.96. The molecule has 3 heteroatoms. The Morgan fingerprint density at radius 3 is 2.60 bits per heavy atom. The lowest BCUT2D eigenvalue weighted by Crippen LogP contribution is -2.51. The highest BCUT2D eigenvalue weighted by Crippen LogP contribution is 2.40. The quantitative estimate of drug-likeness (QED) is 0.814. The van der Waals surface area contributed by atoms with Crippen LogP contribution < -0.4 is 5.32 Å². The monoisotopic (exact) mass is 282 g/mol. The van der Waals surface area contributed by atoms with Gasteiger partial charge in [0.15, 0.2) is 0 Å². The molecule has 2 fully saturated rings. The lowest BCUT2D eigenvalue weighted by atomic mass is 9.69. The Bertz CT molecular complexity index is 293. The first-order valence-corrected chi connectivity index (χ1v) is 8.59. The molecule has 4 unspecified atom stereocenters. The van der Waals surface area contributed by atoms with E-state index >= 15 is 0 Å². The second kappa shape index (κ2) is 7.24. The summed E-state index contributed by atoms with van der Waals surface area (Å²) < 4.78 is 0. The highest BCUT2D eigenvalue weighted by atomic mass is 16.3. The summed E-state index contributed by atoms with van der Waals surface area (Å²) in [4.78, 5) is 2.47. The molecule has 0 radical (unpaired) electrons. The molecule has 20 heavy (non-hydrogen) atoms. The Morgan fingerprint density at radius 2 is 1.95 bits per heavy atom. The first kappa shape index (κ1) is 16.3. The van der Waals surface area contributed by atoms with Crippen molar-refractivity contribution in [1.82, 2.24) is 10.2 Å². The van der Waals surface area contributed by atoms with Crippen molar-refractivity contribution in [1.29, 1.82) is 0 Å². The van der Waals surface area contributed by atoms with Crippen LogP contribution in [0.4, 0.5) is 0 Å². The molecule has 3 nitrogen and oxygen atoms in total. The van der Waals surface area contributed by atoms with Crippen LogP contribution in [0.15, 0.2) is 0 Å². The smallest absolute Gasteiger partial charge is 0.0695 e. The number of rotatable bonds is 5. The fraction of sp³-hybridized carbons (Fsp3) is 1.00. The van der Waals surface area contributed by atoms with Crippen LogP contribution in [0.1, 0.15) is 58.3 Å². The Kier molecular flexibility index (Phi) is 5.88. The van der Waals surface area contributed by atoms with Crippen molar-refractivity contribution in [2.45, 2.75) is 70.4 Å². The highest BCUT2D eigenvalue weighted by molar-refractivity contribution is 4.92. The van der Waals surface area contributed by atoms with Gasteiger partial charge < -0.3 is 15.3 Å². The van der Waals surface area contributed by atoms with E-state index in [-0.39, 0.29) is 6.10 Å². The SMILES string of the molecule is CNCC1(CN(C)C2CCCCC2O)CCCC(C)C1. The second-order valence-corrected chi connectivity index (χ2v) is 7.57. The molecular formula is C17H34N2O. The van der Waals surface area contributed by atoms with Gasteiger partial charge >= 0.3 is 0 Å². The van der Waals surface area contributed by atoms with Crippen LogP contribution in [0.5, 0.6) is 0 Å². The van der Waals surface area contributed by atoms with Gasteiger partial charge in [0.25, 0.3) is 0 Å². The van der Waals surface area contributed by atoms with Gasteiger partial charge in [-0.1, -0.05) is 32.6 Å². The number of aliphatic hydroxyl groups excluding tert-OH is 1. The van der Waals surface area contributed by atoms with Gasteiger partial charge in [0.2, 0.25) is 0 Å². The molecule has 0 saturated heterocycles. The van der Waals surface area contributed by atoms with Crippen LogP contribution in [-0.4, -0.2) is 49.3 Å². The molecule has 4 atom stereocenters. The summed E-state index contributed by atoms with van der Waals surface area (Å²) in [5, 5.41) is 13.7. The van der Waals surface area contributed by atoms with Gasteiger partial charge in [-0.05, 0) is 51.1 Å². The van der Waals surface area contributed by atoms with Crippen LogP contribution in [0.2, 0.25) is 0 Å². The third-order valence-corrected chi connectivity index (χ3v) is 5.58. The van der Waals surface area contributed by atoms with Crippen LogP contribution in [0.25, 0.3) is 0 Å². The summed E-state index contributed by atoms with van der Waals surface area (Å²) in [7, 11) is 4.31. The fourth-order valence-electron chi connectivity index (χ4n) is 4.76. The van der Waals surface area contributed by atoms with Gasteiger partial charge in [-0.3, -0.25) is 0 Å². The Hall–Kier alpha value is -0.120. The summed E-state index contributed by atoms with van der Waals surface area (Å²) >= 11 is 0. The zero-order valence-corrected chi connectivity index (χ0v) is 13.7. The molecule has 0 bridgehead atoms. The Labute approximate surface area is 125 Å². The van der Waals surface area contributed by atoms with Crippen molar-refractivity contribution in [2.75, 3.05) is 27.2 Å². The molecular weight excluding hydrogens is 248 g/mol. The molecule has 0 aromatic heterocycles. The van der Waals surface area contributed by atoms with Gasteiger partial charge in [0.1, 0.15) is 0 Å². The minimum Gasteiger partial charge on any atom is -0.391 e. The summed E-state index contributed by atoms with van der Waals surface area (Å²) in [5.74, 6) is 0.849. The molecule has 118 valence electrons. The normalized spacial score (nSPS) is 39.1. The van der Waals surface area contributed by atoms with Crippen molar-refractivity contribution in [3.63, 3.8) is 0 Å². The predicted octanol–water partition coefficient (Wildman–Crippen LogP) is 2.64. The van der Waals surface area contributed by atoms with Crippen LogP contribution in [0, 0.1) is 11.3 Å². The zero-order valence-electron chi connectivity index (χ0n) is 13.7. The first-order valence-electron chi connectivity index (χ1n) is 8.59. The third kappa shape index (κ3) is 3.96. The van der Waals surface area contributed by atoms with Crippen molar-refractivity contribution >= 4 is 0 Å². The minimum absolute atomic E-state index is 0.110. The number of nitrogens with zero attached hydrogens (tertiary/aromatic N) is 1. The van der Waals surface area contributed by atoms with Crippen molar-refractivity contribution in [3.05, 3.63) is 0 Å². The minimum atomic E-state index is -0.110. The molecule has 0 aliphatic heterocycles. The maximum absolute atomic E-state index is 10.3. The van der Waals surface area contributed by atoms with Crippen LogP contribution in [0.3, 0.4) is 0 Å². The van der Waals surface area contributed by atoms with E-state index in [1.165, 1.54) is 44.9 Å². The van der Waals surface area contributed by atoms with E-state index in [9.17, 15) is 5.11 Å². The maximum atomic E-state index is 10.3. The average molecular weight is 282 g/mol. The number of hydrogen-bond acceptors (Lipinski definition) is 3. The predicted molar refractivity (Wildman–Crippen MR) is 84.9 cm³/mol. The van der Waals surface area contributed by atoms with Crippen molar-refractivity contribution in [2.24, 2.45) is 11.3 Å². The summed E-state index contributed by atoms with van der Waals surface area (Å²) in [5.41, 5.74) is 0.415. The van der Waals surface area contributed by atoms with Gasteiger partial charge in [-0.25, -0.2) is 0 Å². The molecule has 0 heterocycles. The lowest BCUT2D eigenvalue weighted by Gasteiger charge is -2.45. The van der Waals surface area contributed by atoms with Gasteiger partial charge in [-0.2, -0.15) is 0 Å². The molecule has 0 aromatic carbocycles. The van der Waals surface area contributed by atoms with Crippen LogP contribution in [-0.2, 0) is 0 Å². The summed E-state index contributed by atoms with van der Waals surface area (Å²) in [6.45, 7) is 4.66. The van der Waals surface area contributed by atoms with E-state index in [0.29, 0.717) is 11.5 Å². The van der Waals surface area contributed by atoms with Gasteiger partial charge in [0.05, 0.1) is 6.10 Å². The number of nitrogens with one attached hydrogen (secondary N) is 1. The zero-order chi connectivity index (χ0) is 14.6. The first-order chi connectivity index (χ1) is 9.56. The Balaban J connectivity index is 1.99. The summed E-state index contributed by atoms with van der Waals surface area (Å²) in [6, 6.07) is 0.384. The third-order valence-electron chi connectivity index (χ3n) is 5.58. The number of aliphatic hydroxyl groups is 1. The maximum Gasteiger partial charge on any atom is 0.0695 e.